The Morgan fingerprint density at radius 2 is 2.29 bits per heavy atom. The topological polar surface area (TPSA) is 32.3 Å². The summed E-state index contributed by atoms with van der Waals surface area (Å²) in [5, 5.41) is 3.00. The molecule has 1 aliphatic heterocycles. The Morgan fingerprint density at radius 1 is 1.53 bits per heavy atom. The first-order chi connectivity index (χ1) is 7.72. The average molecular weight is 320 g/mol. The summed E-state index contributed by atoms with van der Waals surface area (Å²) in [6.07, 6.45) is 1.52. The van der Waals surface area contributed by atoms with E-state index in [4.69, 9.17) is 0 Å². The lowest BCUT2D eigenvalue weighted by molar-refractivity contribution is -0.118. The van der Waals surface area contributed by atoms with E-state index in [-0.39, 0.29) is 18.3 Å². The van der Waals surface area contributed by atoms with Crippen LogP contribution in [0.5, 0.6) is 0 Å². The molecule has 0 saturated heterocycles. The van der Waals surface area contributed by atoms with Crippen molar-refractivity contribution in [3.05, 3.63) is 28.2 Å². The molecule has 0 bridgehead atoms. The second kappa shape index (κ2) is 6.38. The first kappa shape index (κ1) is 14.5. The lowest BCUT2D eigenvalue weighted by Crippen LogP contribution is -2.31. The van der Waals surface area contributed by atoms with E-state index >= 15 is 0 Å². The molecule has 0 aromatic heterocycles. The fourth-order valence-electron chi connectivity index (χ4n) is 1.98. The van der Waals surface area contributed by atoms with Crippen LogP contribution in [-0.4, -0.2) is 26.0 Å². The molecule has 1 N–H and O–H groups in total. The van der Waals surface area contributed by atoms with E-state index < -0.39 is 0 Å². The quantitative estimate of drug-likeness (QED) is 0.927. The summed E-state index contributed by atoms with van der Waals surface area (Å²) >= 11 is 3.44. The maximum atomic E-state index is 11.9. The minimum atomic E-state index is 0. The third-order valence-corrected chi connectivity index (χ3v) is 3.33. The van der Waals surface area contributed by atoms with Crippen LogP contribution in [0.15, 0.2) is 22.7 Å². The lowest BCUT2D eigenvalue weighted by atomic mass is 10.2. The van der Waals surface area contributed by atoms with Gasteiger partial charge in [-0.2, -0.15) is 0 Å². The molecule has 0 saturated carbocycles. The number of fused-ring (bicyclic) bond motifs is 1. The Bertz CT molecular complexity index is 411. The van der Waals surface area contributed by atoms with Crippen molar-refractivity contribution in [1.29, 1.82) is 0 Å². The maximum Gasteiger partial charge on any atom is 0.228 e. The summed E-state index contributed by atoms with van der Waals surface area (Å²) in [7, 11) is 1.86. The van der Waals surface area contributed by atoms with Crippen LogP contribution >= 0.6 is 28.3 Å². The van der Waals surface area contributed by atoms with Gasteiger partial charge >= 0.3 is 0 Å². The molecule has 17 heavy (non-hydrogen) atoms. The molecule has 1 heterocycles. The molecule has 1 aliphatic rings. The van der Waals surface area contributed by atoms with Crippen LogP contribution in [0.1, 0.15) is 12.0 Å². The molecule has 0 radical (unpaired) electrons. The predicted molar refractivity (Wildman–Crippen MR) is 76.0 cm³/mol. The van der Waals surface area contributed by atoms with E-state index in [2.05, 4.69) is 27.3 Å². The molecule has 0 aliphatic carbocycles. The zero-order chi connectivity index (χ0) is 11.5. The van der Waals surface area contributed by atoms with Gasteiger partial charge in [0, 0.05) is 29.7 Å². The zero-order valence-electron chi connectivity index (χ0n) is 9.70. The third-order valence-electron chi connectivity index (χ3n) is 2.83. The molecule has 0 spiro atoms. The van der Waals surface area contributed by atoms with Crippen LogP contribution in [0.2, 0.25) is 0 Å². The first-order valence-corrected chi connectivity index (χ1v) is 6.25. The van der Waals surface area contributed by atoms with Crippen LogP contribution in [0.3, 0.4) is 0 Å². The molecule has 1 aromatic carbocycles. The Balaban J connectivity index is 0.00000144. The second-order valence-corrected chi connectivity index (χ2v) is 4.84. The monoisotopic (exact) mass is 318 g/mol. The highest BCUT2D eigenvalue weighted by atomic mass is 79.9. The average Bonchev–Trinajstić information content (AvgIpc) is 2.68. The van der Waals surface area contributed by atoms with Gasteiger partial charge in [0.2, 0.25) is 5.91 Å². The summed E-state index contributed by atoms with van der Waals surface area (Å²) < 4.78 is 1.03. The normalized spacial score (nSPS) is 13.2. The summed E-state index contributed by atoms with van der Waals surface area (Å²) in [5.74, 6) is 0.200. The van der Waals surface area contributed by atoms with Crippen LogP contribution in [0.25, 0.3) is 0 Å². The third kappa shape index (κ3) is 3.21. The van der Waals surface area contributed by atoms with Crippen molar-refractivity contribution in [2.24, 2.45) is 0 Å². The number of anilines is 1. The van der Waals surface area contributed by atoms with Gasteiger partial charge in [0.25, 0.3) is 0 Å². The molecular formula is C12H16BrClN2O. The minimum absolute atomic E-state index is 0. The van der Waals surface area contributed by atoms with Crippen LogP contribution in [0.4, 0.5) is 5.69 Å². The van der Waals surface area contributed by atoms with Gasteiger partial charge in [0.15, 0.2) is 0 Å². The van der Waals surface area contributed by atoms with Gasteiger partial charge in [-0.15, -0.1) is 12.4 Å². The molecule has 94 valence electrons. The molecule has 1 amide bonds. The molecule has 1 aromatic rings. The van der Waals surface area contributed by atoms with Crippen molar-refractivity contribution < 1.29 is 4.79 Å². The molecular weight excluding hydrogens is 304 g/mol. The summed E-state index contributed by atoms with van der Waals surface area (Å²) in [6, 6.07) is 6.14. The number of carbonyl (C=O) groups is 1. The Labute approximate surface area is 116 Å². The van der Waals surface area contributed by atoms with Gasteiger partial charge in [0.1, 0.15) is 0 Å². The van der Waals surface area contributed by atoms with Crippen LogP contribution in [0, 0.1) is 0 Å². The van der Waals surface area contributed by atoms with E-state index in [9.17, 15) is 4.79 Å². The van der Waals surface area contributed by atoms with Gasteiger partial charge in [0.05, 0.1) is 0 Å². The molecule has 0 unspecified atom stereocenters. The predicted octanol–water partition coefficient (Wildman–Crippen LogP) is 2.37. The highest BCUT2D eigenvalue weighted by Crippen LogP contribution is 2.31. The Kier molecular flexibility index (Phi) is 5.43. The van der Waals surface area contributed by atoms with Gasteiger partial charge in [-0.3, -0.25) is 4.79 Å². The van der Waals surface area contributed by atoms with Crippen molar-refractivity contribution in [2.75, 3.05) is 25.0 Å². The zero-order valence-corrected chi connectivity index (χ0v) is 12.1. The van der Waals surface area contributed by atoms with Crippen molar-refractivity contribution in [1.82, 2.24) is 5.32 Å². The van der Waals surface area contributed by atoms with E-state index in [1.54, 1.807) is 0 Å². The van der Waals surface area contributed by atoms with E-state index in [0.29, 0.717) is 6.42 Å². The standard InChI is InChI=1S/C12H15BrN2O.ClH/c1-14-6-4-12(16)15-7-5-9-2-3-10(13)8-11(9)15;/h2-3,8,14H,4-7H2,1H3;1H. The lowest BCUT2D eigenvalue weighted by Gasteiger charge is -2.17. The molecule has 5 heteroatoms. The molecule has 0 fully saturated rings. The number of rotatable bonds is 3. The number of hydrogen-bond acceptors (Lipinski definition) is 2. The number of amides is 1. The van der Waals surface area contributed by atoms with Crippen molar-refractivity contribution in [3.8, 4) is 0 Å². The van der Waals surface area contributed by atoms with E-state index in [0.717, 1.165) is 29.7 Å². The number of benzene rings is 1. The van der Waals surface area contributed by atoms with Gasteiger partial charge in [-0.1, -0.05) is 22.0 Å². The summed E-state index contributed by atoms with van der Waals surface area (Å²) in [4.78, 5) is 13.8. The maximum absolute atomic E-state index is 11.9. The number of nitrogens with one attached hydrogen (secondary N) is 1. The minimum Gasteiger partial charge on any atom is -0.319 e. The summed E-state index contributed by atoms with van der Waals surface area (Å²) in [6.45, 7) is 1.55. The fraction of sp³-hybridized carbons (Fsp3) is 0.417. The molecule has 2 rings (SSSR count). The second-order valence-electron chi connectivity index (χ2n) is 3.92. The van der Waals surface area contributed by atoms with Crippen molar-refractivity contribution >= 4 is 39.9 Å². The molecule has 0 atom stereocenters. The number of halogens is 2. The van der Waals surface area contributed by atoms with Crippen LogP contribution in [-0.2, 0) is 11.2 Å². The van der Waals surface area contributed by atoms with Gasteiger partial charge in [-0.25, -0.2) is 0 Å². The van der Waals surface area contributed by atoms with Crippen molar-refractivity contribution in [3.63, 3.8) is 0 Å². The van der Waals surface area contributed by atoms with E-state index in [1.165, 1.54) is 5.56 Å². The number of nitrogens with zero attached hydrogens (tertiary/aromatic N) is 1. The van der Waals surface area contributed by atoms with E-state index in [1.807, 2.05) is 24.1 Å². The SMILES string of the molecule is CNCCC(=O)N1CCc2ccc(Br)cc21.Cl. The Hall–Kier alpha value is -0.580. The Morgan fingerprint density at radius 3 is 3.00 bits per heavy atom. The first-order valence-electron chi connectivity index (χ1n) is 5.46. The van der Waals surface area contributed by atoms with Gasteiger partial charge in [-0.05, 0) is 31.2 Å². The van der Waals surface area contributed by atoms with Crippen LogP contribution < -0.4 is 10.2 Å². The summed E-state index contributed by atoms with van der Waals surface area (Å²) in [5.41, 5.74) is 2.33. The van der Waals surface area contributed by atoms with Crippen molar-refractivity contribution in [2.45, 2.75) is 12.8 Å². The fourth-order valence-corrected chi connectivity index (χ4v) is 2.33. The molecule has 3 nitrogen and oxygen atoms in total. The highest BCUT2D eigenvalue weighted by Gasteiger charge is 2.23. The smallest absolute Gasteiger partial charge is 0.228 e. The number of carbonyl (C=O) groups excluding carboxylic acids is 1. The largest absolute Gasteiger partial charge is 0.319 e. The highest BCUT2D eigenvalue weighted by molar-refractivity contribution is 9.10. The number of hydrogen-bond donors (Lipinski definition) is 1. The van der Waals surface area contributed by atoms with Gasteiger partial charge < -0.3 is 10.2 Å².